The standard InChI is InChI=1S/C17H18N2O2/c1-12-5-3-7-14(9-12)17(21)19-11-13-6-4-8-15(10-13)16(20)18-2/h3-10H,11H2,1-2H3,(H,18,20)(H,19,21). The molecule has 0 heterocycles. The molecule has 2 aromatic carbocycles. The van der Waals surface area contributed by atoms with Gasteiger partial charge in [0.25, 0.3) is 11.8 Å². The summed E-state index contributed by atoms with van der Waals surface area (Å²) in [5.74, 6) is -0.258. The molecule has 0 atom stereocenters. The van der Waals surface area contributed by atoms with Gasteiger partial charge in [0.15, 0.2) is 0 Å². The van der Waals surface area contributed by atoms with Gasteiger partial charge in [0.05, 0.1) is 0 Å². The van der Waals surface area contributed by atoms with Crippen molar-refractivity contribution >= 4 is 11.8 Å². The summed E-state index contributed by atoms with van der Waals surface area (Å²) in [6.45, 7) is 2.33. The van der Waals surface area contributed by atoms with Crippen LogP contribution in [0.2, 0.25) is 0 Å². The molecule has 2 rings (SSSR count). The molecule has 0 aromatic heterocycles. The summed E-state index contributed by atoms with van der Waals surface area (Å²) in [5, 5.41) is 5.44. The van der Waals surface area contributed by atoms with Crippen LogP contribution in [0.3, 0.4) is 0 Å². The lowest BCUT2D eigenvalue weighted by Gasteiger charge is -2.07. The molecule has 2 amide bonds. The van der Waals surface area contributed by atoms with Gasteiger partial charge in [-0.3, -0.25) is 9.59 Å². The highest BCUT2D eigenvalue weighted by Crippen LogP contribution is 2.07. The Hall–Kier alpha value is -2.62. The highest BCUT2D eigenvalue weighted by Gasteiger charge is 2.07. The molecule has 108 valence electrons. The van der Waals surface area contributed by atoms with Crippen LogP contribution >= 0.6 is 0 Å². The summed E-state index contributed by atoms with van der Waals surface area (Å²) in [4.78, 5) is 23.6. The van der Waals surface area contributed by atoms with E-state index in [0.717, 1.165) is 11.1 Å². The Morgan fingerprint density at radius 2 is 1.62 bits per heavy atom. The van der Waals surface area contributed by atoms with Crippen molar-refractivity contribution in [2.45, 2.75) is 13.5 Å². The van der Waals surface area contributed by atoms with Crippen molar-refractivity contribution < 1.29 is 9.59 Å². The summed E-state index contributed by atoms with van der Waals surface area (Å²) < 4.78 is 0. The van der Waals surface area contributed by atoms with Crippen LogP contribution in [0.25, 0.3) is 0 Å². The first-order chi connectivity index (χ1) is 10.1. The van der Waals surface area contributed by atoms with Crippen LogP contribution in [-0.2, 0) is 6.54 Å². The van der Waals surface area contributed by atoms with E-state index in [4.69, 9.17) is 0 Å². The maximum Gasteiger partial charge on any atom is 0.251 e. The summed E-state index contributed by atoms with van der Waals surface area (Å²) in [6, 6.07) is 14.6. The predicted octanol–water partition coefficient (Wildman–Crippen LogP) is 2.28. The van der Waals surface area contributed by atoms with Gasteiger partial charge >= 0.3 is 0 Å². The van der Waals surface area contributed by atoms with Crippen molar-refractivity contribution in [1.82, 2.24) is 10.6 Å². The van der Waals surface area contributed by atoms with Gasteiger partial charge in [-0.1, -0.05) is 29.8 Å². The molecule has 0 spiro atoms. The number of aryl methyl sites for hydroxylation is 1. The summed E-state index contributed by atoms with van der Waals surface area (Å²) in [5.41, 5.74) is 3.15. The second-order valence-electron chi connectivity index (χ2n) is 4.83. The molecule has 2 aromatic rings. The van der Waals surface area contributed by atoms with E-state index >= 15 is 0 Å². The number of hydrogen-bond donors (Lipinski definition) is 2. The molecule has 0 radical (unpaired) electrons. The fourth-order valence-corrected chi connectivity index (χ4v) is 2.04. The minimum atomic E-state index is -0.137. The van der Waals surface area contributed by atoms with Crippen LogP contribution in [-0.4, -0.2) is 18.9 Å². The zero-order valence-corrected chi connectivity index (χ0v) is 12.1. The van der Waals surface area contributed by atoms with Crippen molar-refractivity contribution in [3.05, 3.63) is 70.8 Å². The molecule has 4 nitrogen and oxygen atoms in total. The third-order valence-electron chi connectivity index (χ3n) is 3.15. The van der Waals surface area contributed by atoms with E-state index < -0.39 is 0 Å². The summed E-state index contributed by atoms with van der Waals surface area (Å²) in [7, 11) is 1.59. The highest BCUT2D eigenvalue weighted by atomic mass is 16.2. The molecule has 0 aliphatic heterocycles. The molecular formula is C17H18N2O2. The van der Waals surface area contributed by atoms with Crippen LogP contribution in [0.15, 0.2) is 48.5 Å². The summed E-state index contributed by atoms with van der Waals surface area (Å²) in [6.07, 6.45) is 0. The third kappa shape index (κ3) is 3.92. The number of benzene rings is 2. The van der Waals surface area contributed by atoms with Gasteiger partial charge < -0.3 is 10.6 Å². The molecular weight excluding hydrogens is 264 g/mol. The minimum Gasteiger partial charge on any atom is -0.355 e. The molecule has 0 fully saturated rings. The predicted molar refractivity (Wildman–Crippen MR) is 82.2 cm³/mol. The van der Waals surface area contributed by atoms with E-state index in [9.17, 15) is 9.59 Å². The Bertz CT molecular complexity index is 665. The molecule has 0 aliphatic carbocycles. The lowest BCUT2D eigenvalue weighted by Crippen LogP contribution is -2.23. The van der Waals surface area contributed by atoms with Gasteiger partial charge in [-0.15, -0.1) is 0 Å². The first kappa shape index (κ1) is 14.8. The summed E-state index contributed by atoms with van der Waals surface area (Å²) >= 11 is 0. The fourth-order valence-electron chi connectivity index (χ4n) is 2.04. The number of nitrogens with one attached hydrogen (secondary N) is 2. The van der Waals surface area contributed by atoms with Gasteiger partial charge in [0.2, 0.25) is 0 Å². The molecule has 21 heavy (non-hydrogen) atoms. The third-order valence-corrected chi connectivity index (χ3v) is 3.15. The molecule has 0 bridgehead atoms. The first-order valence-electron chi connectivity index (χ1n) is 6.76. The molecule has 0 saturated heterocycles. The smallest absolute Gasteiger partial charge is 0.251 e. The Kier molecular flexibility index (Phi) is 4.72. The molecule has 0 unspecified atom stereocenters. The zero-order valence-electron chi connectivity index (χ0n) is 12.1. The number of rotatable bonds is 4. The molecule has 4 heteroatoms. The Balaban J connectivity index is 2.03. The SMILES string of the molecule is CNC(=O)c1cccc(CNC(=O)c2cccc(C)c2)c1. The van der Waals surface area contributed by atoms with Crippen molar-refractivity contribution in [2.24, 2.45) is 0 Å². The van der Waals surface area contributed by atoms with E-state index in [-0.39, 0.29) is 11.8 Å². The lowest BCUT2D eigenvalue weighted by molar-refractivity contribution is 0.0948. The van der Waals surface area contributed by atoms with Crippen LogP contribution in [0, 0.1) is 6.92 Å². The maximum atomic E-state index is 12.1. The monoisotopic (exact) mass is 282 g/mol. The maximum absolute atomic E-state index is 12.1. The Labute approximate surface area is 124 Å². The van der Waals surface area contributed by atoms with Gasteiger partial charge in [-0.05, 0) is 36.8 Å². The average molecular weight is 282 g/mol. The fraction of sp³-hybridized carbons (Fsp3) is 0.176. The molecule has 0 saturated carbocycles. The largest absolute Gasteiger partial charge is 0.355 e. The van der Waals surface area contributed by atoms with Crippen LogP contribution in [0.1, 0.15) is 31.8 Å². The zero-order chi connectivity index (χ0) is 15.2. The number of hydrogen-bond acceptors (Lipinski definition) is 2. The van der Waals surface area contributed by atoms with Crippen molar-refractivity contribution in [3.63, 3.8) is 0 Å². The van der Waals surface area contributed by atoms with Gasteiger partial charge in [0, 0.05) is 24.7 Å². The Morgan fingerprint density at radius 3 is 2.29 bits per heavy atom. The average Bonchev–Trinajstić information content (AvgIpc) is 2.52. The van der Waals surface area contributed by atoms with Gasteiger partial charge in [-0.25, -0.2) is 0 Å². The van der Waals surface area contributed by atoms with E-state index in [1.807, 2.05) is 31.2 Å². The number of amides is 2. The van der Waals surface area contributed by atoms with Gasteiger partial charge in [0.1, 0.15) is 0 Å². The minimum absolute atomic E-state index is 0.121. The van der Waals surface area contributed by atoms with E-state index in [1.165, 1.54) is 0 Å². The lowest BCUT2D eigenvalue weighted by atomic mass is 10.1. The topological polar surface area (TPSA) is 58.2 Å². The molecule has 2 N–H and O–H groups in total. The van der Waals surface area contributed by atoms with Gasteiger partial charge in [-0.2, -0.15) is 0 Å². The van der Waals surface area contributed by atoms with E-state index in [2.05, 4.69) is 10.6 Å². The van der Waals surface area contributed by atoms with E-state index in [1.54, 1.807) is 31.3 Å². The van der Waals surface area contributed by atoms with Crippen molar-refractivity contribution in [1.29, 1.82) is 0 Å². The van der Waals surface area contributed by atoms with Crippen LogP contribution in [0.5, 0.6) is 0 Å². The highest BCUT2D eigenvalue weighted by molar-refractivity contribution is 5.95. The normalized spacial score (nSPS) is 10.0. The first-order valence-corrected chi connectivity index (χ1v) is 6.76. The number of carbonyl (C=O) groups excluding carboxylic acids is 2. The molecule has 0 aliphatic rings. The van der Waals surface area contributed by atoms with Crippen molar-refractivity contribution in [3.8, 4) is 0 Å². The quantitative estimate of drug-likeness (QED) is 0.904. The van der Waals surface area contributed by atoms with E-state index in [0.29, 0.717) is 17.7 Å². The second-order valence-corrected chi connectivity index (χ2v) is 4.83. The van der Waals surface area contributed by atoms with Crippen LogP contribution < -0.4 is 10.6 Å². The Morgan fingerprint density at radius 1 is 0.952 bits per heavy atom. The van der Waals surface area contributed by atoms with Crippen molar-refractivity contribution in [2.75, 3.05) is 7.05 Å². The van der Waals surface area contributed by atoms with Crippen LogP contribution in [0.4, 0.5) is 0 Å². The second kappa shape index (κ2) is 6.70. The number of carbonyl (C=O) groups is 2.